The van der Waals surface area contributed by atoms with E-state index < -0.39 is 76.8 Å². The molecule has 0 aliphatic carbocycles. The summed E-state index contributed by atoms with van der Waals surface area (Å²) in [5.74, 6) is -5.78. The first-order valence-electron chi connectivity index (χ1n) is 20.7. The molecule has 11 heteroatoms. The van der Waals surface area contributed by atoms with Crippen molar-refractivity contribution in [3.8, 4) is 0 Å². The van der Waals surface area contributed by atoms with E-state index in [1.54, 1.807) is 19.1 Å². The van der Waals surface area contributed by atoms with E-state index in [2.05, 4.69) is 20.8 Å². The van der Waals surface area contributed by atoms with E-state index in [1.165, 1.54) is 0 Å². The van der Waals surface area contributed by atoms with Crippen LogP contribution in [0.1, 0.15) is 133 Å². The standard InChI is InChI=1S/C42H70O11/c1-11-29(38(46)47)31-15-14-23(4)36(50-31)27(8)34(44)26(7)35(45)30(12-2)37-24(5)22-25(6)41(51-37)19-16-32(43)42(53-41)21-20-39(10,52-42)33-17-18-40(48,13-3)28(9)49-33/h16,19,23-34,36-37,43-44,48H,11-15,17-18,20-22H2,1-10H3,(H,46,47)/t23-,24-,25+,26-,27-,28-,29+,30-,31?,32+,33?,34+,36?,37?,39-,40+,41-,42-/m1/s1. The van der Waals surface area contributed by atoms with Gasteiger partial charge in [-0.1, -0.05) is 55.4 Å². The Labute approximate surface area is 317 Å². The highest BCUT2D eigenvalue weighted by Gasteiger charge is 2.63. The number of aliphatic carboxylic acids is 1. The van der Waals surface area contributed by atoms with Crippen LogP contribution >= 0.6 is 0 Å². The zero-order valence-corrected chi connectivity index (χ0v) is 34.0. The summed E-state index contributed by atoms with van der Waals surface area (Å²) in [6, 6.07) is 0. The van der Waals surface area contributed by atoms with Gasteiger partial charge in [-0.15, -0.1) is 0 Å². The fourth-order valence-corrected chi connectivity index (χ4v) is 10.5. The molecule has 5 heterocycles. The lowest BCUT2D eigenvalue weighted by Crippen LogP contribution is -2.63. The maximum atomic E-state index is 14.4. The van der Waals surface area contributed by atoms with Crippen LogP contribution in [0.5, 0.6) is 0 Å². The first-order chi connectivity index (χ1) is 24.8. The van der Waals surface area contributed by atoms with Crippen molar-refractivity contribution in [1.82, 2.24) is 0 Å². The van der Waals surface area contributed by atoms with Gasteiger partial charge in [0.1, 0.15) is 11.9 Å². The van der Waals surface area contributed by atoms with Crippen molar-refractivity contribution in [2.75, 3.05) is 0 Å². The van der Waals surface area contributed by atoms with Crippen LogP contribution in [0.3, 0.4) is 0 Å². The predicted molar refractivity (Wildman–Crippen MR) is 199 cm³/mol. The molecule has 0 aromatic heterocycles. The second-order valence-electron chi connectivity index (χ2n) is 17.9. The summed E-state index contributed by atoms with van der Waals surface area (Å²) in [5, 5.41) is 44.0. The molecule has 4 unspecified atom stereocenters. The van der Waals surface area contributed by atoms with Gasteiger partial charge < -0.3 is 44.1 Å². The summed E-state index contributed by atoms with van der Waals surface area (Å²) < 4.78 is 33.5. The van der Waals surface area contributed by atoms with E-state index in [-0.39, 0.29) is 41.8 Å². The molecule has 4 fully saturated rings. The largest absolute Gasteiger partial charge is 0.481 e. The van der Waals surface area contributed by atoms with E-state index >= 15 is 0 Å². The van der Waals surface area contributed by atoms with Gasteiger partial charge in [0, 0.05) is 30.1 Å². The number of carbonyl (C=O) groups excluding carboxylic acids is 1. The summed E-state index contributed by atoms with van der Waals surface area (Å²) in [4.78, 5) is 26.4. The minimum Gasteiger partial charge on any atom is -0.481 e. The number of ether oxygens (including phenoxy) is 5. The van der Waals surface area contributed by atoms with Gasteiger partial charge in [0.15, 0.2) is 5.79 Å². The van der Waals surface area contributed by atoms with Crippen LogP contribution in [0.4, 0.5) is 0 Å². The van der Waals surface area contributed by atoms with Gasteiger partial charge in [-0.25, -0.2) is 0 Å². The summed E-state index contributed by atoms with van der Waals surface area (Å²) in [6.07, 6.45) is 5.51. The quantitative estimate of drug-likeness (QED) is 0.169. The number of carboxylic acids is 1. The van der Waals surface area contributed by atoms with Crippen molar-refractivity contribution in [2.24, 2.45) is 41.4 Å². The van der Waals surface area contributed by atoms with Gasteiger partial charge >= 0.3 is 5.97 Å². The molecule has 11 nitrogen and oxygen atoms in total. The summed E-state index contributed by atoms with van der Waals surface area (Å²) >= 11 is 0. The van der Waals surface area contributed by atoms with Gasteiger partial charge in [0.05, 0.1) is 53.7 Å². The van der Waals surface area contributed by atoms with Gasteiger partial charge in [-0.3, -0.25) is 9.59 Å². The molecular formula is C42H70O11. The van der Waals surface area contributed by atoms with Crippen LogP contribution in [0.2, 0.25) is 0 Å². The molecule has 0 bridgehead atoms. The number of Topliss-reactive ketones (excluding diaryl/α,β-unsaturated/α-hetero) is 1. The fraction of sp³-hybridized carbons (Fsp3) is 0.905. The van der Waals surface area contributed by atoms with E-state index in [0.29, 0.717) is 57.8 Å². The molecule has 4 saturated heterocycles. The monoisotopic (exact) mass is 750 g/mol. The Morgan fingerprint density at radius 1 is 0.887 bits per heavy atom. The number of rotatable bonds is 12. The van der Waals surface area contributed by atoms with Crippen molar-refractivity contribution < 1.29 is 53.7 Å². The highest BCUT2D eigenvalue weighted by atomic mass is 16.8. The van der Waals surface area contributed by atoms with E-state index in [0.717, 1.165) is 6.42 Å². The first kappa shape index (κ1) is 42.7. The second kappa shape index (κ2) is 16.2. The average molecular weight is 751 g/mol. The number of aliphatic hydroxyl groups excluding tert-OH is 2. The number of aliphatic hydroxyl groups is 3. The van der Waals surface area contributed by atoms with Crippen LogP contribution in [0.25, 0.3) is 0 Å². The molecule has 0 saturated carbocycles. The third-order valence-electron chi connectivity index (χ3n) is 14.4. The normalized spacial score (nSPS) is 46.2. The van der Waals surface area contributed by atoms with Gasteiger partial charge in [0.2, 0.25) is 5.79 Å². The first-order valence-corrected chi connectivity index (χ1v) is 20.7. The van der Waals surface area contributed by atoms with Crippen molar-refractivity contribution in [3.05, 3.63) is 12.2 Å². The highest BCUT2D eigenvalue weighted by Crippen LogP contribution is 2.54. The van der Waals surface area contributed by atoms with Gasteiger partial charge in [0.25, 0.3) is 0 Å². The number of hydrogen-bond donors (Lipinski definition) is 4. The predicted octanol–water partition coefficient (Wildman–Crippen LogP) is 6.19. The Hall–Kier alpha value is -1.44. The summed E-state index contributed by atoms with van der Waals surface area (Å²) in [5.41, 5.74) is -1.63. The van der Waals surface area contributed by atoms with Crippen LogP contribution in [-0.4, -0.2) is 97.7 Å². The Kier molecular flexibility index (Phi) is 13.0. The second-order valence-corrected chi connectivity index (χ2v) is 17.9. The minimum atomic E-state index is -1.37. The lowest BCUT2D eigenvalue weighted by Gasteiger charge is -2.54. The highest BCUT2D eigenvalue weighted by molar-refractivity contribution is 5.84. The van der Waals surface area contributed by atoms with Crippen molar-refractivity contribution >= 4 is 11.8 Å². The zero-order chi connectivity index (χ0) is 39.3. The number of ketones is 1. The third kappa shape index (κ3) is 7.94. The minimum absolute atomic E-state index is 0.0137. The molecule has 4 N–H and O–H groups in total. The number of carbonyl (C=O) groups is 2. The fourth-order valence-electron chi connectivity index (χ4n) is 10.5. The molecule has 2 spiro atoms. The molecule has 0 aromatic rings. The molecule has 5 rings (SSSR count). The molecule has 304 valence electrons. The third-order valence-corrected chi connectivity index (χ3v) is 14.4. The SMILES string of the molecule is CC[C@H](C(=O)O)C1CC[C@@H](C)C([C@H](C)[C@@H](O)[C@@H](C)C(=O)[C@@H](CC)C2O[C@@]3(C=C[C@H](O)[C@@]4(CC[C@](C)(C5CC[C@@](O)(CC)[C@@H](C)O5)O4)O3)[C@@H](C)C[C@H]2C)O1. The lowest BCUT2D eigenvalue weighted by atomic mass is 9.72. The summed E-state index contributed by atoms with van der Waals surface area (Å²) in [7, 11) is 0. The molecule has 0 amide bonds. The Balaban J connectivity index is 1.31. The Morgan fingerprint density at radius 2 is 1.57 bits per heavy atom. The van der Waals surface area contributed by atoms with E-state index in [1.807, 2.05) is 41.5 Å². The van der Waals surface area contributed by atoms with Crippen LogP contribution in [0, 0.1) is 41.4 Å². The van der Waals surface area contributed by atoms with Crippen LogP contribution in [0.15, 0.2) is 12.2 Å². The Morgan fingerprint density at radius 3 is 2.17 bits per heavy atom. The molecule has 5 aliphatic heterocycles. The molecule has 0 radical (unpaired) electrons. The topological polar surface area (TPSA) is 161 Å². The molecule has 0 aromatic carbocycles. The molecular weight excluding hydrogens is 680 g/mol. The average Bonchev–Trinajstić information content (AvgIpc) is 3.47. The van der Waals surface area contributed by atoms with Crippen molar-refractivity contribution in [3.63, 3.8) is 0 Å². The van der Waals surface area contributed by atoms with E-state index in [9.17, 15) is 30.0 Å². The maximum absolute atomic E-state index is 14.4. The molecule has 18 atom stereocenters. The van der Waals surface area contributed by atoms with Gasteiger partial charge in [-0.2, -0.15) is 0 Å². The smallest absolute Gasteiger partial charge is 0.309 e. The molecule has 5 aliphatic rings. The zero-order valence-electron chi connectivity index (χ0n) is 34.0. The van der Waals surface area contributed by atoms with Crippen molar-refractivity contribution in [2.45, 2.75) is 199 Å². The maximum Gasteiger partial charge on any atom is 0.309 e. The Bertz CT molecular complexity index is 1320. The number of hydrogen-bond acceptors (Lipinski definition) is 10. The molecule has 53 heavy (non-hydrogen) atoms. The number of carboxylic acid groups (broad SMARTS) is 1. The van der Waals surface area contributed by atoms with Crippen LogP contribution < -0.4 is 0 Å². The van der Waals surface area contributed by atoms with Crippen molar-refractivity contribution in [1.29, 1.82) is 0 Å². The van der Waals surface area contributed by atoms with Gasteiger partial charge in [-0.05, 0) is 95.6 Å². The van der Waals surface area contributed by atoms with Crippen LogP contribution in [-0.2, 0) is 33.3 Å². The lowest BCUT2D eigenvalue weighted by molar-refractivity contribution is -0.409. The summed E-state index contributed by atoms with van der Waals surface area (Å²) in [6.45, 7) is 19.6. The van der Waals surface area contributed by atoms with E-state index in [4.69, 9.17) is 23.7 Å².